The van der Waals surface area contributed by atoms with Crippen LogP contribution in [0.2, 0.25) is 0 Å². The standard InChI is InChI=1S/C15H26O.C2H6O/c1-6-15(4)11-7-8-12(2)14(15)10-9-13(3)16-5;1-3-2/h8-10,13-14H,6-7,11H2,1-5H3;1-2H3. The Morgan fingerprint density at radius 3 is 2.47 bits per heavy atom. The molecule has 2 heteroatoms. The third-order valence-electron chi connectivity index (χ3n) is 4.18. The number of hydrogen-bond acceptors (Lipinski definition) is 2. The molecule has 1 rings (SSSR count). The normalized spacial score (nSPS) is 28.6. The Balaban J connectivity index is 0.000000982. The third-order valence-corrected chi connectivity index (χ3v) is 4.18. The van der Waals surface area contributed by atoms with Crippen molar-refractivity contribution >= 4 is 0 Å². The molecule has 0 saturated carbocycles. The summed E-state index contributed by atoms with van der Waals surface area (Å²) < 4.78 is 9.52. The molecule has 0 aromatic carbocycles. The zero-order valence-corrected chi connectivity index (χ0v) is 13.8. The topological polar surface area (TPSA) is 18.5 Å². The van der Waals surface area contributed by atoms with Gasteiger partial charge in [-0.1, -0.05) is 37.6 Å². The second-order valence-electron chi connectivity index (χ2n) is 5.71. The maximum Gasteiger partial charge on any atom is 0.0724 e. The second kappa shape index (κ2) is 9.33. The lowest BCUT2D eigenvalue weighted by Crippen LogP contribution is -2.29. The lowest BCUT2D eigenvalue weighted by Gasteiger charge is -2.39. The lowest BCUT2D eigenvalue weighted by atomic mass is 9.66. The Morgan fingerprint density at radius 1 is 1.42 bits per heavy atom. The second-order valence-corrected chi connectivity index (χ2v) is 5.71. The molecule has 19 heavy (non-hydrogen) atoms. The Hall–Kier alpha value is -0.600. The van der Waals surface area contributed by atoms with Gasteiger partial charge >= 0.3 is 0 Å². The van der Waals surface area contributed by atoms with Crippen LogP contribution in [0.25, 0.3) is 0 Å². The van der Waals surface area contributed by atoms with E-state index in [9.17, 15) is 0 Å². The van der Waals surface area contributed by atoms with Crippen LogP contribution in [0.5, 0.6) is 0 Å². The summed E-state index contributed by atoms with van der Waals surface area (Å²) in [5, 5.41) is 0. The summed E-state index contributed by atoms with van der Waals surface area (Å²) in [5.41, 5.74) is 1.96. The zero-order chi connectivity index (χ0) is 14.9. The van der Waals surface area contributed by atoms with E-state index in [2.05, 4.69) is 50.7 Å². The SMILES string of the molecule is CCC1(C)CCC=C(C)C1C=CC(C)OC.COC. The predicted molar refractivity (Wildman–Crippen MR) is 83.4 cm³/mol. The molecule has 0 aliphatic heterocycles. The molecular weight excluding hydrogens is 236 g/mol. The summed E-state index contributed by atoms with van der Waals surface area (Å²) in [6, 6.07) is 0. The van der Waals surface area contributed by atoms with Gasteiger partial charge in [0.15, 0.2) is 0 Å². The lowest BCUT2D eigenvalue weighted by molar-refractivity contribution is 0.154. The maximum absolute atomic E-state index is 5.27. The number of allylic oxidation sites excluding steroid dienone is 3. The molecule has 0 aromatic heterocycles. The van der Waals surface area contributed by atoms with E-state index < -0.39 is 0 Å². The van der Waals surface area contributed by atoms with Gasteiger partial charge in [-0.25, -0.2) is 0 Å². The van der Waals surface area contributed by atoms with Crippen LogP contribution in [0, 0.1) is 11.3 Å². The van der Waals surface area contributed by atoms with Crippen LogP contribution >= 0.6 is 0 Å². The highest BCUT2D eigenvalue weighted by Gasteiger charge is 2.33. The van der Waals surface area contributed by atoms with E-state index in [1.54, 1.807) is 21.3 Å². The van der Waals surface area contributed by atoms with E-state index >= 15 is 0 Å². The summed E-state index contributed by atoms with van der Waals surface area (Å²) in [4.78, 5) is 0. The van der Waals surface area contributed by atoms with Gasteiger partial charge in [0.05, 0.1) is 6.10 Å². The van der Waals surface area contributed by atoms with E-state index in [1.807, 2.05) is 0 Å². The highest BCUT2D eigenvalue weighted by Crippen LogP contribution is 2.44. The highest BCUT2D eigenvalue weighted by atomic mass is 16.5. The summed E-state index contributed by atoms with van der Waals surface area (Å²) in [7, 11) is 5.01. The quantitative estimate of drug-likeness (QED) is 0.693. The number of ether oxygens (including phenoxy) is 2. The fourth-order valence-electron chi connectivity index (χ4n) is 2.59. The highest BCUT2D eigenvalue weighted by molar-refractivity contribution is 5.19. The molecule has 1 aliphatic rings. The zero-order valence-electron chi connectivity index (χ0n) is 13.8. The van der Waals surface area contributed by atoms with Gasteiger partial charge in [-0.2, -0.15) is 0 Å². The number of rotatable bonds is 4. The van der Waals surface area contributed by atoms with Crippen LogP contribution in [0.1, 0.15) is 47.0 Å². The fraction of sp³-hybridized carbons (Fsp3) is 0.765. The fourth-order valence-corrected chi connectivity index (χ4v) is 2.59. The van der Waals surface area contributed by atoms with Crippen molar-refractivity contribution in [2.75, 3.05) is 21.3 Å². The van der Waals surface area contributed by atoms with Crippen molar-refractivity contribution < 1.29 is 9.47 Å². The first-order valence-electron chi connectivity index (χ1n) is 7.23. The van der Waals surface area contributed by atoms with Crippen LogP contribution in [0.3, 0.4) is 0 Å². The Morgan fingerprint density at radius 2 is 2.00 bits per heavy atom. The average molecular weight is 268 g/mol. The maximum atomic E-state index is 5.27. The average Bonchev–Trinajstić information content (AvgIpc) is 2.38. The predicted octanol–water partition coefficient (Wildman–Crippen LogP) is 4.61. The van der Waals surface area contributed by atoms with E-state index in [4.69, 9.17) is 4.74 Å². The molecule has 0 saturated heterocycles. The molecular formula is C17H32O2. The molecule has 1 aliphatic carbocycles. The van der Waals surface area contributed by atoms with Crippen molar-refractivity contribution in [2.45, 2.75) is 53.1 Å². The monoisotopic (exact) mass is 268 g/mol. The van der Waals surface area contributed by atoms with Crippen LogP contribution in [0.15, 0.2) is 23.8 Å². The smallest absolute Gasteiger partial charge is 0.0724 e. The van der Waals surface area contributed by atoms with E-state index in [-0.39, 0.29) is 6.10 Å². The molecule has 0 spiro atoms. The molecule has 3 unspecified atom stereocenters. The van der Waals surface area contributed by atoms with E-state index in [1.165, 1.54) is 24.8 Å². The Labute approximate surface area is 119 Å². The molecule has 0 fully saturated rings. The Bertz CT molecular complexity index is 294. The van der Waals surface area contributed by atoms with Gasteiger partial charge in [0, 0.05) is 27.2 Å². The first-order valence-corrected chi connectivity index (χ1v) is 7.23. The number of methoxy groups -OCH3 is 2. The van der Waals surface area contributed by atoms with Crippen LogP contribution in [-0.2, 0) is 9.47 Å². The van der Waals surface area contributed by atoms with E-state index in [0.29, 0.717) is 11.3 Å². The summed E-state index contributed by atoms with van der Waals surface area (Å²) in [5.74, 6) is 0.587. The molecule has 0 heterocycles. The minimum atomic E-state index is 0.218. The largest absolute Gasteiger partial charge is 0.388 e. The van der Waals surface area contributed by atoms with Gasteiger partial charge in [0.2, 0.25) is 0 Å². The minimum absolute atomic E-state index is 0.218. The molecule has 112 valence electrons. The molecule has 0 bridgehead atoms. The third kappa shape index (κ3) is 5.92. The minimum Gasteiger partial charge on any atom is -0.388 e. The Kier molecular flexibility index (Phi) is 9.03. The van der Waals surface area contributed by atoms with Crippen LogP contribution in [0.4, 0.5) is 0 Å². The van der Waals surface area contributed by atoms with Crippen molar-refractivity contribution in [3.05, 3.63) is 23.8 Å². The van der Waals surface area contributed by atoms with E-state index in [0.717, 1.165) is 0 Å². The first-order chi connectivity index (χ1) is 8.95. The summed E-state index contributed by atoms with van der Waals surface area (Å²) in [6.45, 7) is 9.07. The molecule has 0 radical (unpaired) electrons. The van der Waals surface area contributed by atoms with Gasteiger partial charge in [0.1, 0.15) is 0 Å². The van der Waals surface area contributed by atoms with Crippen LogP contribution < -0.4 is 0 Å². The molecule has 0 aromatic rings. The molecule has 3 atom stereocenters. The molecule has 0 amide bonds. The van der Waals surface area contributed by atoms with Gasteiger partial charge < -0.3 is 9.47 Å². The van der Waals surface area contributed by atoms with Crippen molar-refractivity contribution in [2.24, 2.45) is 11.3 Å². The number of hydrogen-bond donors (Lipinski definition) is 0. The molecule has 0 N–H and O–H groups in total. The van der Waals surface area contributed by atoms with Gasteiger partial charge in [-0.3, -0.25) is 0 Å². The molecule has 2 nitrogen and oxygen atoms in total. The van der Waals surface area contributed by atoms with Crippen molar-refractivity contribution in [3.8, 4) is 0 Å². The summed E-state index contributed by atoms with van der Waals surface area (Å²) >= 11 is 0. The van der Waals surface area contributed by atoms with Gasteiger partial charge in [0.25, 0.3) is 0 Å². The van der Waals surface area contributed by atoms with Crippen LogP contribution in [-0.4, -0.2) is 27.4 Å². The van der Waals surface area contributed by atoms with Crippen molar-refractivity contribution in [1.29, 1.82) is 0 Å². The summed E-state index contributed by atoms with van der Waals surface area (Å²) in [6.07, 6.45) is 10.9. The van der Waals surface area contributed by atoms with Crippen molar-refractivity contribution in [1.82, 2.24) is 0 Å². The van der Waals surface area contributed by atoms with Gasteiger partial charge in [-0.05, 0) is 38.5 Å². The first kappa shape index (κ1) is 18.4. The van der Waals surface area contributed by atoms with Gasteiger partial charge in [-0.15, -0.1) is 0 Å². The van der Waals surface area contributed by atoms with Crippen molar-refractivity contribution in [3.63, 3.8) is 0 Å².